The van der Waals surface area contributed by atoms with E-state index in [2.05, 4.69) is 12.2 Å². The van der Waals surface area contributed by atoms with Crippen LogP contribution in [-0.2, 0) is 16.3 Å². The predicted molar refractivity (Wildman–Crippen MR) is 112 cm³/mol. The van der Waals surface area contributed by atoms with Crippen molar-refractivity contribution in [3.05, 3.63) is 41.3 Å². The van der Waals surface area contributed by atoms with Crippen LogP contribution in [0.5, 0.6) is 0 Å². The van der Waals surface area contributed by atoms with Crippen LogP contribution in [0.15, 0.2) is 24.3 Å². The van der Waals surface area contributed by atoms with E-state index in [4.69, 9.17) is 5.10 Å². The van der Waals surface area contributed by atoms with Crippen molar-refractivity contribution in [3.63, 3.8) is 0 Å². The Morgan fingerprint density at radius 3 is 2.68 bits per heavy atom. The maximum absolute atomic E-state index is 13.3. The Morgan fingerprint density at radius 2 is 1.96 bits per heavy atom. The summed E-state index contributed by atoms with van der Waals surface area (Å²) in [6, 6.07) is 6.28. The number of anilines is 1. The van der Waals surface area contributed by atoms with Gasteiger partial charge in [0.05, 0.1) is 11.4 Å². The molecule has 28 heavy (non-hydrogen) atoms. The maximum Gasteiger partial charge on any atom is 0.228 e. The third kappa shape index (κ3) is 4.12. The van der Waals surface area contributed by atoms with Crippen LogP contribution in [0.3, 0.4) is 0 Å². The fraction of sp³-hybridized carbons (Fsp3) is 0.545. The molecule has 1 aromatic carbocycles. The topological polar surface area (TPSA) is 46.9 Å². The van der Waals surface area contributed by atoms with Crippen LogP contribution in [-0.4, -0.2) is 15.7 Å². The summed E-state index contributed by atoms with van der Waals surface area (Å²) in [6.45, 7) is 2.24. The Hall–Kier alpha value is -1.82. The second-order valence-corrected chi connectivity index (χ2v) is 8.99. The van der Waals surface area contributed by atoms with Crippen molar-refractivity contribution in [1.82, 2.24) is 9.78 Å². The van der Waals surface area contributed by atoms with Gasteiger partial charge in [-0.1, -0.05) is 26.2 Å². The van der Waals surface area contributed by atoms with Crippen LogP contribution in [0, 0.1) is 17.7 Å². The largest absolute Gasteiger partial charge is 0.310 e. The summed E-state index contributed by atoms with van der Waals surface area (Å²) in [5.41, 5.74) is 2.91. The standard InChI is InChI=1S/C22H28FN3OS/c1-2-3-4-15-5-7-16(8-6-15)22(27)24-21-19-13-28-14-20(19)25-26(21)18-11-9-17(23)10-12-18/h9-12,15-16H,2-8,13-14H2,1H3,(H,24,27). The van der Waals surface area contributed by atoms with Crippen LogP contribution in [0.25, 0.3) is 5.69 Å². The summed E-state index contributed by atoms with van der Waals surface area (Å²) in [6.07, 6.45) is 8.10. The first-order valence-electron chi connectivity index (χ1n) is 10.4. The van der Waals surface area contributed by atoms with Gasteiger partial charge in [-0.2, -0.15) is 16.9 Å². The number of unbranched alkanes of at least 4 members (excludes halogenated alkanes) is 1. The average molecular weight is 402 g/mol. The zero-order valence-corrected chi connectivity index (χ0v) is 17.2. The van der Waals surface area contributed by atoms with Crippen LogP contribution in [0.2, 0.25) is 0 Å². The van der Waals surface area contributed by atoms with Crippen LogP contribution in [0.4, 0.5) is 10.2 Å². The van der Waals surface area contributed by atoms with Crippen LogP contribution < -0.4 is 5.32 Å². The van der Waals surface area contributed by atoms with Crippen molar-refractivity contribution < 1.29 is 9.18 Å². The van der Waals surface area contributed by atoms with Crippen molar-refractivity contribution in [3.8, 4) is 5.69 Å². The van der Waals surface area contributed by atoms with E-state index >= 15 is 0 Å². The summed E-state index contributed by atoms with van der Waals surface area (Å²) in [5, 5.41) is 7.88. The van der Waals surface area contributed by atoms with E-state index < -0.39 is 0 Å². The number of amides is 1. The zero-order valence-electron chi connectivity index (χ0n) is 16.4. The molecule has 1 saturated carbocycles. The number of halogens is 1. The van der Waals surface area contributed by atoms with Crippen molar-refractivity contribution in [2.75, 3.05) is 5.32 Å². The van der Waals surface area contributed by atoms with E-state index in [0.717, 1.165) is 65.9 Å². The molecule has 0 bridgehead atoms. The van der Waals surface area contributed by atoms with E-state index in [1.54, 1.807) is 16.8 Å². The number of carbonyl (C=O) groups excluding carboxylic acids is 1. The molecule has 2 aliphatic rings. The van der Waals surface area contributed by atoms with Crippen molar-refractivity contribution in [2.24, 2.45) is 11.8 Å². The third-order valence-electron chi connectivity index (χ3n) is 6.05. The minimum atomic E-state index is -0.274. The molecular formula is C22H28FN3OS. The van der Waals surface area contributed by atoms with Crippen molar-refractivity contribution in [2.45, 2.75) is 63.4 Å². The number of hydrogen-bond donors (Lipinski definition) is 1. The summed E-state index contributed by atoms with van der Waals surface area (Å²) < 4.78 is 15.1. The number of nitrogens with zero attached hydrogens (tertiary/aromatic N) is 2. The zero-order chi connectivity index (χ0) is 19.5. The molecule has 2 aromatic rings. The molecule has 1 fully saturated rings. The second-order valence-electron chi connectivity index (χ2n) is 8.00. The minimum Gasteiger partial charge on any atom is -0.310 e. The summed E-state index contributed by atoms with van der Waals surface area (Å²) in [4.78, 5) is 13.0. The number of nitrogens with one attached hydrogen (secondary N) is 1. The number of thioether (sulfide) groups is 1. The molecule has 1 N–H and O–H groups in total. The third-order valence-corrected chi connectivity index (χ3v) is 7.02. The minimum absolute atomic E-state index is 0.0825. The van der Waals surface area contributed by atoms with Crippen molar-refractivity contribution >= 4 is 23.5 Å². The van der Waals surface area contributed by atoms with Gasteiger partial charge in [-0.25, -0.2) is 9.07 Å². The van der Waals surface area contributed by atoms with Crippen LogP contribution >= 0.6 is 11.8 Å². The Labute approximate surface area is 170 Å². The van der Waals surface area contributed by atoms with Gasteiger partial charge < -0.3 is 5.32 Å². The van der Waals surface area contributed by atoms with Gasteiger partial charge in [-0.3, -0.25) is 4.79 Å². The van der Waals surface area contributed by atoms with E-state index in [1.165, 1.54) is 31.4 Å². The first kappa shape index (κ1) is 19.5. The molecule has 1 aromatic heterocycles. The molecular weight excluding hydrogens is 373 g/mol. The second kappa shape index (κ2) is 8.68. The smallest absolute Gasteiger partial charge is 0.228 e. The molecule has 0 unspecified atom stereocenters. The number of benzene rings is 1. The molecule has 4 nitrogen and oxygen atoms in total. The molecule has 1 aliphatic heterocycles. The molecule has 0 atom stereocenters. The lowest BCUT2D eigenvalue weighted by Crippen LogP contribution is -2.28. The highest BCUT2D eigenvalue weighted by atomic mass is 32.2. The Bertz CT molecular complexity index is 825. The summed E-state index contributed by atoms with van der Waals surface area (Å²) in [7, 11) is 0. The SMILES string of the molecule is CCCCC1CCC(C(=O)Nc2c3c(nn2-c2ccc(F)cc2)CSC3)CC1. The van der Waals surface area contributed by atoms with Gasteiger partial charge in [0.1, 0.15) is 11.6 Å². The number of fused-ring (bicyclic) bond motifs is 1. The molecule has 1 aliphatic carbocycles. The molecule has 0 spiro atoms. The van der Waals surface area contributed by atoms with Gasteiger partial charge in [0, 0.05) is 23.0 Å². The Balaban J connectivity index is 1.49. The van der Waals surface area contributed by atoms with E-state index in [-0.39, 0.29) is 17.6 Å². The number of aromatic nitrogens is 2. The van der Waals surface area contributed by atoms with E-state index in [0.29, 0.717) is 0 Å². The molecule has 4 rings (SSSR count). The Kier molecular flexibility index (Phi) is 6.04. The van der Waals surface area contributed by atoms with E-state index in [9.17, 15) is 9.18 Å². The average Bonchev–Trinajstić information content (AvgIpc) is 3.30. The van der Waals surface area contributed by atoms with E-state index in [1.807, 2.05) is 11.8 Å². The molecule has 6 heteroatoms. The molecule has 1 amide bonds. The highest BCUT2D eigenvalue weighted by Gasteiger charge is 2.29. The lowest BCUT2D eigenvalue weighted by Gasteiger charge is -2.27. The summed E-state index contributed by atoms with van der Waals surface area (Å²) in [5.74, 6) is 3.18. The van der Waals surface area contributed by atoms with Crippen LogP contribution in [0.1, 0.15) is 63.1 Å². The number of carbonyl (C=O) groups is 1. The number of hydrogen-bond acceptors (Lipinski definition) is 3. The lowest BCUT2D eigenvalue weighted by molar-refractivity contribution is -0.121. The highest BCUT2D eigenvalue weighted by molar-refractivity contribution is 7.98. The maximum atomic E-state index is 13.3. The van der Waals surface area contributed by atoms with Gasteiger partial charge in [0.25, 0.3) is 0 Å². The van der Waals surface area contributed by atoms with Gasteiger partial charge in [-0.15, -0.1) is 0 Å². The molecule has 150 valence electrons. The van der Waals surface area contributed by atoms with Gasteiger partial charge in [0.15, 0.2) is 0 Å². The fourth-order valence-electron chi connectivity index (χ4n) is 4.34. The molecule has 2 heterocycles. The fourth-order valence-corrected chi connectivity index (χ4v) is 5.37. The normalized spacial score (nSPS) is 21.5. The number of rotatable bonds is 6. The monoisotopic (exact) mass is 401 g/mol. The molecule has 0 saturated heterocycles. The summed E-state index contributed by atoms with van der Waals surface area (Å²) >= 11 is 1.81. The first-order chi connectivity index (χ1) is 13.7. The quantitative estimate of drug-likeness (QED) is 0.676. The highest BCUT2D eigenvalue weighted by Crippen LogP contribution is 2.37. The first-order valence-corrected chi connectivity index (χ1v) is 11.6. The molecule has 0 radical (unpaired) electrons. The van der Waals surface area contributed by atoms with Gasteiger partial charge in [-0.05, 0) is 55.9 Å². The van der Waals surface area contributed by atoms with Gasteiger partial charge >= 0.3 is 0 Å². The Morgan fingerprint density at radius 1 is 1.21 bits per heavy atom. The van der Waals surface area contributed by atoms with Crippen molar-refractivity contribution in [1.29, 1.82) is 0 Å². The predicted octanol–water partition coefficient (Wildman–Crippen LogP) is 5.69. The lowest BCUT2D eigenvalue weighted by atomic mass is 9.79. The van der Waals surface area contributed by atoms with Gasteiger partial charge in [0.2, 0.25) is 5.91 Å².